The normalized spacial score (nSPS) is 22.5. The lowest BCUT2D eigenvalue weighted by molar-refractivity contribution is -0.151. The van der Waals surface area contributed by atoms with E-state index in [1.54, 1.807) is 12.2 Å². The molecular weight excluding hydrogens is 324 g/mol. The minimum absolute atomic E-state index is 0.00626. The summed E-state index contributed by atoms with van der Waals surface area (Å²) in [5.41, 5.74) is 1.82. The van der Waals surface area contributed by atoms with E-state index in [2.05, 4.69) is 6.07 Å². The van der Waals surface area contributed by atoms with Gasteiger partial charge in [0.1, 0.15) is 0 Å². The van der Waals surface area contributed by atoms with E-state index in [0.29, 0.717) is 5.02 Å². The van der Waals surface area contributed by atoms with Gasteiger partial charge in [-0.15, -0.1) is 0 Å². The van der Waals surface area contributed by atoms with Crippen molar-refractivity contribution in [1.29, 1.82) is 0 Å². The molecule has 0 heterocycles. The van der Waals surface area contributed by atoms with Crippen molar-refractivity contribution in [2.75, 3.05) is 7.11 Å². The fourth-order valence-corrected chi connectivity index (χ4v) is 2.99. The highest BCUT2D eigenvalue weighted by Gasteiger charge is 2.35. The predicted molar refractivity (Wildman–Crippen MR) is 95.3 cm³/mol. The number of halogens is 1. The summed E-state index contributed by atoms with van der Waals surface area (Å²) in [7, 11) is 1.39. The Morgan fingerprint density at radius 1 is 1.08 bits per heavy atom. The maximum atomic E-state index is 11.4. The molecule has 1 aliphatic rings. The van der Waals surface area contributed by atoms with E-state index in [0.717, 1.165) is 16.7 Å². The molecule has 24 heavy (non-hydrogen) atoms. The summed E-state index contributed by atoms with van der Waals surface area (Å²) in [4.78, 5) is 11.4. The Morgan fingerprint density at radius 2 is 1.71 bits per heavy atom. The molecule has 4 heteroatoms. The van der Waals surface area contributed by atoms with Gasteiger partial charge in [0.25, 0.3) is 0 Å². The molecule has 0 aromatic heterocycles. The second kappa shape index (κ2) is 6.63. The molecule has 0 radical (unpaired) electrons. The number of benzene rings is 2. The number of carboxylic acid groups (broad SMARTS) is 1. The van der Waals surface area contributed by atoms with Crippen molar-refractivity contribution in [2.24, 2.45) is 0 Å². The lowest BCUT2D eigenvalue weighted by atomic mass is 9.87. The number of allylic oxidation sites excluding steroid dienone is 2. The fraction of sp³-hybridized carbons (Fsp3) is 0.150. The van der Waals surface area contributed by atoms with Crippen molar-refractivity contribution in [3.8, 4) is 11.1 Å². The van der Waals surface area contributed by atoms with Gasteiger partial charge >= 0.3 is 5.97 Å². The first-order valence-electron chi connectivity index (χ1n) is 7.57. The Balaban J connectivity index is 1.90. The first-order valence-corrected chi connectivity index (χ1v) is 7.95. The lowest BCUT2D eigenvalue weighted by Crippen LogP contribution is -2.37. The van der Waals surface area contributed by atoms with Crippen molar-refractivity contribution in [1.82, 2.24) is 0 Å². The van der Waals surface area contributed by atoms with Crippen LogP contribution in [0.25, 0.3) is 11.1 Å². The molecular formula is C20H17ClO3. The second-order valence-corrected chi connectivity index (χ2v) is 6.12. The third kappa shape index (κ3) is 3.14. The van der Waals surface area contributed by atoms with Crippen molar-refractivity contribution in [3.63, 3.8) is 0 Å². The summed E-state index contributed by atoms with van der Waals surface area (Å²) in [6.07, 6.45) is 6.89. The molecule has 1 aliphatic carbocycles. The standard InChI is InChI=1S/C20H17ClO3/c1-24-20(19(22)23)10-8-14(9-11-20)15-4-2-5-16(12-15)17-6-3-7-18(21)13-17/h2-14H,1H3,(H,22,23). The zero-order valence-corrected chi connectivity index (χ0v) is 13.9. The molecule has 0 unspecified atom stereocenters. The Labute approximate surface area is 145 Å². The zero-order chi connectivity index (χ0) is 17.2. The van der Waals surface area contributed by atoms with Crippen molar-refractivity contribution in [2.45, 2.75) is 11.5 Å². The van der Waals surface area contributed by atoms with Crippen LogP contribution in [0, 0.1) is 0 Å². The summed E-state index contributed by atoms with van der Waals surface area (Å²) in [6.45, 7) is 0. The van der Waals surface area contributed by atoms with Gasteiger partial charge in [0.15, 0.2) is 0 Å². The van der Waals surface area contributed by atoms with Crippen LogP contribution in [-0.2, 0) is 9.53 Å². The van der Waals surface area contributed by atoms with Gasteiger partial charge in [-0.1, -0.05) is 60.2 Å². The number of carboxylic acids is 1. The van der Waals surface area contributed by atoms with E-state index in [4.69, 9.17) is 16.3 Å². The lowest BCUT2D eigenvalue weighted by Gasteiger charge is -2.25. The summed E-state index contributed by atoms with van der Waals surface area (Å²) in [5.74, 6) is -1.02. The molecule has 3 nitrogen and oxygen atoms in total. The third-order valence-corrected chi connectivity index (χ3v) is 4.44. The number of hydrogen-bond donors (Lipinski definition) is 1. The zero-order valence-electron chi connectivity index (χ0n) is 13.1. The van der Waals surface area contributed by atoms with Gasteiger partial charge in [-0.25, -0.2) is 4.79 Å². The van der Waals surface area contributed by atoms with Gasteiger partial charge in [0, 0.05) is 18.1 Å². The molecule has 0 spiro atoms. The van der Waals surface area contributed by atoms with Crippen LogP contribution in [0.4, 0.5) is 0 Å². The van der Waals surface area contributed by atoms with Gasteiger partial charge in [-0.3, -0.25) is 0 Å². The minimum atomic E-state index is -1.37. The number of methoxy groups -OCH3 is 1. The van der Waals surface area contributed by atoms with E-state index in [1.807, 2.05) is 54.6 Å². The first-order chi connectivity index (χ1) is 11.5. The van der Waals surface area contributed by atoms with Crippen LogP contribution in [0.15, 0.2) is 72.8 Å². The number of aliphatic carboxylic acids is 1. The largest absolute Gasteiger partial charge is 0.479 e. The van der Waals surface area contributed by atoms with Crippen LogP contribution >= 0.6 is 11.6 Å². The van der Waals surface area contributed by atoms with Crippen LogP contribution in [0.1, 0.15) is 11.5 Å². The smallest absolute Gasteiger partial charge is 0.344 e. The van der Waals surface area contributed by atoms with Gasteiger partial charge in [-0.05, 0) is 41.0 Å². The van der Waals surface area contributed by atoms with E-state index in [9.17, 15) is 9.90 Å². The SMILES string of the molecule is COC1(C(=O)O)C=CC(c2cccc(-c3cccc(Cl)c3)c2)C=C1. The van der Waals surface area contributed by atoms with Crippen LogP contribution in [-0.4, -0.2) is 23.8 Å². The average molecular weight is 341 g/mol. The molecule has 3 rings (SSSR count). The Hall–Kier alpha value is -2.36. The molecule has 0 fully saturated rings. The van der Waals surface area contributed by atoms with Gasteiger partial charge < -0.3 is 9.84 Å². The van der Waals surface area contributed by atoms with E-state index in [-0.39, 0.29) is 5.92 Å². The van der Waals surface area contributed by atoms with Crippen molar-refractivity contribution >= 4 is 17.6 Å². The maximum absolute atomic E-state index is 11.4. The van der Waals surface area contributed by atoms with Crippen LogP contribution in [0.3, 0.4) is 0 Å². The van der Waals surface area contributed by atoms with Crippen LogP contribution in [0.2, 0.25) is 5.02 Å². The van der Waals surface area contributed by atoms with Crippen molar-refractivity contribution < 1.29 is 14.6 Å². The highest BCUT2D eigenvalue weighted by atomic mass is 35.5. The molecule has 122 valence electrons. The topological polar surface area (TPSA) is 46.5 Å². The predicted octanol–water partition coefficient (Wildman–Crippen LogP) is 4.69. The van der Waals surface area contributed by atoms with E-state index in [1.165, 1.54) is 7.11 Å². The highest BCUT2D eigenvalue weighted by Crippen LogP contribution is 2.31. The summed E-state index contributed by atoms with van der Waals surface area (Å²) in [5, 5.41) is 10.0. The molecule has 0 aliphatic heterocycles. The number of rotatable bonds is 4. The minimum Gasteiger partial charge on any atom is -0.479 e. The molecule has 1 N–H and O–H groups in total. The number of hydrogen-bond acceptors (Lipinski definition) is 2. The van der Waals surface area contributed by atoms with E-state index < -0.39 is 11.6 Å². The summed E-state index contributed by atoms with van der Waals surface area (Å²) < 4.78 is 5.14. The summed E-state index contributed by atoms with van der Waals surface area (Å²) in [6, 6.07) is 15.8. The molecule has 0 amide bonds. The first kappa shape index (κ1) is 16.5. The molecule has 0 bridgehead atoms. The number of carbonyl (C=O) groups is 1. The summed E-state index contributed by atoms with van der Waals surface area (Å²) >= 11 is 6.07. The van der Waals surface area contributed by atoms with Gasteiger partial charge in [-0.2, -0.15) is 0 Å². The highest BCUT2D eigenvalue weighted by molar-refractivity contribution is 6.30. The number of ether oxygens (including phenoxy) is 1. The van der Waals surface area contributed by atoms with Crippen LogP contribution in [0.5, 0.6) is 0 Å². The van der Waals surface area contributed by atoms with Crippen molar-refractivity contribution in [3.05, 3.63) is 83.4 Å². The second-order valence-electron chi connectivity index (χ2n) is 5.68. The average Bonchev–Trinajstić information content (AvgIpc) is 2.62. The Morgan fingerprint density at radius 3 is 2.29 bits per heavy atom. The van der Waals surface area contributed by atoms with Crippen LogP contribution < -0.4 is 0 Å². The molecule has 2 aromatic carbocycles. The molecule has 0 saturated heterocycles. The monoisotopic (exact) mass is 340 g/mol. The fourth-order valence-electron chi connectivity index (χ4n) is 2.79. The van der Waals surface area contributed by atoms with Gasteiger partial charge in [0.2, 0.25) is 5.60 Å². The molecule has 0 saturated carbocycles. The Bertz CT molecular complexity index is 809. The van der Waals surface area contributed by atoms with E-state index >= 15 is 0 Å². The quantitative estimate of drug-likeness (QED) is 0.821. The molecule has 2 aromatic rings. The Kier molecular flexibility index (Phi) is 4.56. The van der Waals surface area contributed by atoms with Gasteiger partial charge in [0.05, 0.1) is 0 Å². The molecule has 0 atom stereocenters. The third-order valence-electron chi connectivity index (χ3n) is 4.20. The maximum Gasteiger partial charge on any atom is 0.344 e.